The molecule has 0 aromatic carbocycles. The van der Waals surface area contributed by atoms with Crippen LogP contribution < -0.4 is 0 Å². The second-order valence-corrected chi connectivity index (χ2v) is 3.58. The second-order valence-electron chi connectivity index (χ2n) is 3.58. The average Bonchev–Trinajstić information content (AvgIpc) is 2.63. The van der Waals surface area contributed by atoms with Crippen LogP contribution in [0.25, 0.3) is 0 Å². The average molecular weight is 139 g/mol. The van der Waals surface area contributed by atoms with Crippen molar-refractivity contribution in [1.82, 2.24) is 4.90 Å². The third kappa shape index (κ3) is 0.655. The molecule has 1 saturated heterocycles. The lowest BCUT2D eigenvalue weighted by Gasteiger charge is -2.21. The Bertz CT molecular complexity index is 163. The molecule has 2 heteroatoms. The van der Waals surface area contributed by atoms with Crippen molar-refractivity contribution in [2.45, 2.75) is 37.3 Å². The number of carbonyl (C=O) groups is 1. The molecular formula is C8H13NO. The lowest BCUT2D eigenvalue weighted by Crippen LogP contribution is -2.34. The smallest absolute Gasteiger partial charge is 0.137 e. The zero-order chi connectivity index (χ0) is 7.19. The van der Waals surface area contributed by atoms with E-state index in [1.54, 1.807) is 0 Å². The zero-order valence-electron chi connectivity index (χ0n) is 6.34. The number of carbonyl (C=O) groups excluding carboxylic acids is 1. The van der Waals surface area contributed by atoms with E-state index in [0.29, 0.717) is 5.54 Å². The first-order valence-electron chi connectivity index (χ1n) is 3.97. The summed E-state index contributed by atoms with van der Waals surface area (Å²) in [5, 5.41) is 0. The Morgan fingerprint density at radius 2 is 2.20 bits per heavy atom. The topological polar surface area (TPSA) is 20.3 Å². The quantitative estimate of drug-likeness (QED) is 0.501. The Morgan fingerprint density at radius 1 is 1.50 bits per heavy atom. The molecule has 56 valence electrons. The van der Waals surface area contributed by atoms with E-state index >= 15 is 0 Å². The molecule has 2 rings (SSSR count). The minimum Gasteiger partial charge on any atom is -0.302 e. The minimum atomic E-state index is 0.225. The van der Waals surface area contributed by atoms with Crippen molar-refractivity contribution in [2.24, 2.45) is 0 Å². The van der Waals surface area contributed by atoms with E-state index < -0.39 is 0 Å². The molecule has 1 aliphatic carbocycles. The molecule has 0 aromatic heterocycles. The first-order valence-corrected chi connectivity index (χ1v) is 3.97. The minimum absolute atomic E-state index is 0.225. The Labute approximate surface area is 61.2 Å². The van der Waals surface area contributed by atoms with E-state index in [2.05, 4.69) is 11.9 Å². The third-order valence-electron chi connectivity index (χ3n) is 3.14. The molecule has 10 heavy (non-hydrogen) atoms. The summed E-state index contributed by atoms with van der Waals surface area (Å²) in [4.78, 5) is 12.8. The van der Waals surface area contributed by atoms with Gasteiger partial charge in [-0.1, -0.05) is 0 Å². The highest BCUT2D eigenvalue weighted by Gasteiger charge is 2.52. The highest BCUT2D eigenvalue weighted by Crippen LogP contribution is 2.50. The van der Waals surface area contributed by atoms with Gasteiger partial charge in [-0.25, -0.2) is 0 Å². The SMILES string of the molecule is CN1C(C=O)CCC12CC2. The first kappa shape index (κ1) is 6.35. The van der Waals surface area contributed by atoms with Gasteiger partial charge in [0.25, 0.3) is 0 Å². The number of hydrogen-bond acceptors (Lipinski definition) is 2. The number of nitrogens with zero attached hydrogens (tertiary/aromatic N) is 1. The summed E-state index contributed by atoms with van der Waals surface area (Å²) in [5.74, 6) is 0. The summed E-state index contributed by atoms with van der Waals surface area (Å²) in [5.41, 5.74) is 0.478. The molecule has 2 fully saturated rings. The van der Waals surface area contributed by atoms with Gasteiger partial charge in [-0.2, -0.15) is 0 Å². The Balaban J connectivity index is 2.12. The third-order valence-corrected chi connectivity index (χ3v) is 3.14. The predicted molar refractivity (Wildman–Crippen MR) is 38.8 cm³/mol. The molecule has 1 spiro atoms. The van der Waals surface area contributed by atoms with Crippen LogP contribution in [0, 0.1) is 0 Å². The number of aldehydes is 1. The van der Waals surface area contributed by atoms with Gasteiger partial charge in [0.2, 0.25) is 0 Å². The first-order chi connectivity index (χ1) is 4.78. The van der Waals surface area contributed by atoms with Crippen molar-refractivity contribution in [3.05, 3.63) is 0 Å². The molecule has 1 aliphatic heterocycles. The molecule has 1 atom stereocenters. The van der Waals surface area contributed by atoms with Gasteiger partial charge in [0.05, 0.1) is 6.04 Å². The van der Waals surface area contributed by atoms with E-state index in [0.717, 1.165) is 12.7 Å². The van der Waals surface area contributed by atoms with E-state index in [9.17, 15) is 4.79 Å². The van der Waals surface area contributed by atoms with Crippen LogP contribution >= 0.6 is 0 Å². The molecule has 2 aliphatic rings. The highest BCUT2D eigenvalue weighted by atomic mass is 16.1. The Hall–Kier alpha value is -0.370. The van der Waals surface area contributed by atoms with Gasteiger partial charge < -0.3 is 4.79 Å². The Kier molecular flexibility index (Phi) is 1.15. The van der Waals surface area contributed by atoms with Gasteiger partial charge in [-0.3, -0.25) is 4.90 Å². The molecule has 0 N–H and O–H groups in total. The fraction of sp³-hybridized carbons (Fsp3) is 0.875. The summed E-state index contributed by atoms with van der Waals surface area (Å²) < 4.78 is 0. The Morgan fingerprint density at radius 3 is 2.50 bits per heavy atom. The lowest BCUT2D eigenvalue weighted by molar-refractivity contribution is -0.111. The van der Waals surface area contributed by atoms with Crippen LogP contribution in [-0.4, -0.2) is 29.8 Å². The van der Waals surface area contributed by atoms with Gasteiger partial charge in [0.15, 0.2) is 0 Å². The van der Waals surface area contributed by atoms with E-state index in [-0.39, 0.29) is 6.04 Å². The van der Waals surface area contributed by atoms with Crippen molar-refractivity contribution < 1.29 is 4.79 Å². The van der Waals surface area contributed by atoms with Gasteiger partial charge in [0, 0.05) is 5.54 Å². The van der Waals surface area contributed by atoms with Crippen molar-refractivity contribution in [1.29, 1.82) is 0 Å². The van der Waals surface area contributed by atoms with Crippen LogP contribution in [0.3, 0.4) is 0 Å². The van der Waals surface area contributed by atoms with E-state index in [1.165, 1.54) is 19.3 Å². The van der Waals surface area contributed by atoms with Crippen LogP contribution in [0.4, 0.5) is 0 Å². The fourth-order valence-electron chi connectivity index (χ4n) is 2.04. The molecule has 1 unspecified atom stereocenters. The summed E-state index contributed by atoms with van der Waals surface area (Å²) in [6.07, 6.45) is 6.04. The molecular weight excluding hydrogens is 126 g/mol. The molecule has 2 nitrogen and oxygen atoms in total. The van der Waals surface area contributed by atoms with Gasteiger partial charge in [0.1, 0.15) is 6.29 Å². The van der Waals surface area contributed by atoms with E-state index in [1.807, 2.05) is 0 Å². The fourth-order valence-corrected chi connectivity index (χ4v) is 2.04. The number of hydrogen-bond donors (Lipinski definition) is 0. The molecule has 1 saturated carbocycles. The largest absolute Gasteiger partial charge is 0.302 e. The summed E-state index contributed by atoms with van der Waals surface area (Å²) in [6, 6.07) is 0.225. The van der Waals surface area contributed by atoms with Crippen molar-refractivity contribution in [3.63, 3.8) is 0 Å². The van der Waals surface area contributed by atoms with Crippen molar-refractivity contribution in [3.8, 4) is 0 Å². The molecule has 0 bridgehead atoms. The van der Waals surface area contributed by atoms with Crippen molar-refractivity contribution in [2.75, 3.05) is 7.05 Å². The van der Waals surface area contributed by atoms with Crippen LogP contribution in [0.5, 0.6) is 0 Å². The molecule has 0 radical (unpaired) electrons. The van der Waals surface area contributed by atoms with Crippen molar-refractivity contribution >= 4 is 6.29 Å². The summed E-state index contributed by atoms with van der Waals surface area (Å²) in [6.45, 7) is 0. The van der Waals surface area contributed by atoms with Gasteiger partial charge in [-0.15, -0.1) is 0 Å². The summed E-state index contributed by atoms with van der Waals surface area (Å²) in [7, 11) is 2.08. The second kappa shape index (κ2) is 1.82. The normalized spacial score (nSPS) is 36.7. The van der Waals surface area contributed by atoms with Gasteiger partial charge >= 0.3 is 0 Å². The highest BCUT2D eigenvalue weighted by molar-refractivity contribution is 5.59. The predicted octanol–water partition coefficient (Wildman–Crippen LogP) is 0.812. The molecule has 1 heterocycles. The lowest BCUT2D eigenvalue weighted by atomic mass is 10.2. The van der Waals surface area contributed by atoms with Crippen LogP contribution in [0.1, 0.15) is 25.7 Å². The van der Waals surface area contributed by atoms with Crippen LogP contribution in [0.2, 0.25) is 0 Å². The van der Waals surface area contributed by atoms with Gasteiger partial charge in [-0.05, 0) is 32.7 Å². The number of rotatable bonds is 1. The maximum Gasteiger partial charge on any atom is 0.137 e. The maximum atomic E-state index is 10.5. The molecule has 0 aromatic rings. The number of likely N-dealkylation sites (N-methyl/N-ethyl adjacent to an activating group) is 1. The maximum absolute atomic E-state index is 10.5. The zero-order valence-corrected chi connectivity index (χ0v) is 6.34. The monoisotopic (exact) mass is 139 g/mol. The number of likely N-dealkylation sites (tertiary alicyclic amines) is 1. The standard InChI is InChI=1S/C8H13NO/c1-9-7(6-10)2-3-8(9)4-5-8/h6-7H,2-5H2,1H3. The molecule has 0 amide bonds. The van der Waals surface area contributed by atoms with Crippen LogP contribution in [0.15, 0.2) is 0 Å². The summed E-state index contributed by atoms with van der Waals surface area (Å²) >= 11 is 0. The van der Waals surface area contributed by atoms with Crippen LogP contribution in [-0.2, 0) is 4.79 Å². The van der Waals surface area contributed by atoms with E-state index in [4.69, 9.17) is 0 Å².